The van der Waals surface area contributed by atoms with E-state index in [9.17, 15) is 9.59 Å². The molecular weight excluding hydrogens is 338 g/mol. The summed E-state index contributed by atoms with van der Waals surface area (Å²) in [5.41, 5.74) is 7.14. The molecule has 1 heterocycles. The van der Waals surface area contributed by atoms with Gasteiger partial charge in [0.25, 0.3) is 0 Å². The third-order valence-electron chi connectivity index (χ3n) is 4.10. The molecule has 0 atom stereocenters. The second-order valence-electron chi connectivity index (χ2n) is 6.89. The Morgan fingerprint density at radius 3 is 2.05 bits per heavy atom. The normalized spacial score (nSPS) is 25.1. The van der Waals surface area contributed by atoms with Crippen molar-refractivity contribution in [2.75, 3.05) is 5.73 Å². The van der Waals surface area contributed by atoms with E-state index in [4.69, 9.17) is 5.73 Å². The van der Waals surface area contributed by atoms with Crippen LogP contribution in [-0.4, -0.2) is 21.1 Å². The van der Waals surface area contributed by atoms with Gasteiger partial charge in [0, 0.05) is 19.7 Å². The van der Waals surface area contributed by atoms with Gasteiger partial charge in [-0.25, -0.2) is 0 Å². The van der Waals surface area contributed by atoms with Crippen LogP contribution in [0.2, 0.25) is 0 Å². The molecule has 5 heteroatoms. The third-order valence-corrected chi connectivity index (χ3v) is 7.25. The smallest absolute Gasteiger partial charge is 0.159 e. The van der Waals surface area contributed by atoms with Crippen LogP contribution >= 0.6 is 27.7 Å². The van der Waals surface area contributed by atoms with Crippen LogP contribution in [0.5, 0.6) is 0 Å². The highest BCUT2D eigenvalue weighted by atomic mass is 79.9. The van der Waals surface area contributed by atoms with E-state index in [-0.39, 0.29) is 21.1 Å². The Labute approximate surface area is 131 Å². The maximum absolute atomic E-state index is 12.7. The van der Waals surface area contributed by atoms with E-state index in [0.717, 1.165) is 10.0 Å². The lowest BCUT2D eigenvalue weighted by atomic mass is 9.80. The summed E-state index contributed by atoms with van der Waals surface area (Å²) in [6, 6.07) is 5.33. The van der Waals surface area contributed by atoms with Crippen molar-refractivity contribution >= 4 is 44.9 Å². The van der Waals surface area contributed by atoms with Crippen LogP contribution in [0.15, 0.2) is 22.7 Å². The van der Waals surface area contributed by atoms with Gasteiger partial charge in [0.05, 0.1) is 0 Å². The van der Waals surface area contributed by atoms with Crippen molar-refractivity contribution in [3.8, 4) is 0 Å². The highest BCUT2D eigenvalue weighted by molar-refractivity contribution is 9.10. The SMILES string of the molecule is CC1(C)[SH4]C(C)(C)C(=O)C(c2ccc(N)c(Br)c2)C1=O. The molecule has 2 rings (SSSR count). The summed E-state index contributed by atoms with van der Waals surface area (Å²) < 4.78 is 0.0281. The van der Waals surface area contributed by atoms with Gasteiger partial charge >= 0.3 is 0 Å². The molecule has 0 saturated carbocycles. The quantitative estimate of drug-likeness (QED) is 0.618. The maximum atomic E-state index is 12.7. The number of halogens is 1. The number of Topliss-reactive ketones (excluding diaryl/α,β-unsaturated/α-hetero) is 2. The summed E-state index contributed by atoms with van der Waals surface area (Å²) in [5.74, 6) is -0.534. The van der Waals surface area contributed by atoms with Crippen molar-refractivity contribution in [2.45, 2.75) is 43.1 Å². The molecule has 0 unspecified atom stereocenters. The Balaban J connectivity index is 2.54. The molecule has 20 heavy (non-hydrogen) atoms. The Bertz CT molecular complexity index is 570. The number of hydrogen-bond acceptors (Lipinski definition) is 3. The zero-order chi connectivity index (χ0) is 15.3. The lowest BCUT2D eigenvalue weighted by molar-refractivity contribution is -0.132. The number of hydrogen-bond donors (Lipinski definition) is 1. The Morgan fingerprint density at radius 2 is 1.60 bits per heavy atom. The van der Waals surface area contributed by atoms with Crippen molar-refractivity contribution in [1.29, 1.82) is 0 Å². The first-order chi connectivity index (χ1) is 9.06. The molecule has 0 amide bonds. The van der Waals surface area contributed by atoms with E-state index >= 15 is 0 Å². The van der Waals surface area contributed by atoms with E-state index in [1.54, 1.807) is 18.2 Å². The first-order valence-corrected chi connectivity index (χ1v) is 8.90. The zero-order valence-electron chi connectivity index (χ0n) is 12.3. The molecule has 1 aromatic rings. The van der Waals surface area contributed by atoms with E-state index < -0.39 is 17.7 Å². The standard InChI is InChI=1S/C15H22BrNO2S/c1-14(2)12(18)11(13(19)15(3,4)20-14)8-5-6-10(17)9(16)7-8/h5-7,11H,17H2,1-4H3,20H4. The molecule has 0 aromatic heterocycles. The zero-order valence-corrected chi connectivity index (χ0v) is 15.3. The van der Waals surface area contributed by atoms with Gasteiger partial charge in [-0.1, -0.05) is 6.07 Å². The lowest BCUT2D eigenvalue weighted by Crippen LogP contribution is -2.51. The highest BCUT2D eigenvalue weighted by Crippen LogP contribution is 2.48. The minimum atomic E-state index is -0.820. The highest BCUT2D eigenvalue weighted by Gasteiger charge is 2.49. The summed E-state index contributed by atoms with van der Waals surface area (Å²) in [6.45, 7) is 7.92. The van der Waals surface area contributed by atoms with Gasteiger partial charge in [-0.15, -0.1) is 0 Å². The van der Waals surface area contributed by atoms with Crippen LogP contribution in [-0.2, 0) is 9.59 Å². The number of nitrogen functional groups attached to an aromatic ring is 1. The van der Waals surface area contributed by atoms with Crippen molar-refractivity contribution in [3.05, 3.63) is 28.2 Å². The number of anilines is 1. The molecule has 1 fully saturated rings. The molecule has 0 spiro atoms. The van der Waals surface area contributed by atoms with Gasteiger partial charge in [0.15, 0.2) is 11.6 Å². The Hall–Kier alpha value is -0.810. The summed E-state index contributed by atoms with van der Waals surface area (Å²) in [6.07, 6.45) is 0. The molecule has 1 aromatic carbocycles. The van der Waals surface area contributed by atoms with Gasteiger partial charge in [0.2, 0.25) is 0 Å². The van der Waals surface area contributed by atoms with Gasteiger partial charge in [0.1, 0.15) is 5.92 Å². The molecule has 1 saturated heterocycles. The van der Waals surface area contributed by atoms with Crippen molar-refractivity contribution in [2.24, 2.45) is 0 Å². The molecule has 1 aliphatic rings. The fraction of sp³-hybridized carbons (Fsp3) is 0.467. The minimum absolute atomic E-state index is 0.0603. The summed E-state index contributed by atoms with van der Waals surface area (Å²) >= 11 is 2.55. The predicted molar refractivity (Wildman–Crippen MR) is 92.6 cm³/mol. The summed E-state index contributed by atoms with van der Waals surface area (Å²) in [5, 5.41) is 0. The minimum Gasteiger partial charge on any atom is -0.398 e. The van der Waals surface area contributed by atoms with Crippen molar-refractivity contribution in [1.82, 2.24) is 0 Å². The molecule has 2 N–H and O–H groups in total. The second kappa shape index (κ2) is 4.88. The second-order valence-corrected chi connectivity index (χ2v) is 11.6. The largest absolute Gasteiger partial charge is 0.398 e. The van der Waals surface area contributed by atoms with E-state index in [2.05, 4.69) is 15.9 Å². The average Bonchev–Trinajstić information content (AvgIpc) is 2.31. The van der Waals surface area contributed by atoms with Crippen LogP contribution in [0.3, 0.4) is 0 Å². The molecule has 0 radical (unpaired) electrons. The molecule has 0 bridgehead atoms. The van der Waals surface area contributed by atoms with Crippen LogP contribution in [0.25, 0.3) is 0 Å². The van der Waals surface area contributed by atoms with Crippen LogP contribution < -0.4 is 5.73 Å². The number of benzene rings is 1. The lowest BCUT2D eigenvalue weighted by Gasteiger charge is -2.45. The van der Waals surface area contributed by atoms with Gasteiger partial charge in [-0.05, 0) is 61.3 Å². The van der Waals surface area contributed by atoms with Crippen LogP contribution in [0, 0.1) is 0 Å². The molecule has 3 nitrogen and oxygen atoms in total. The van der Waals surface area contributed by atoms with Gasteiger partial charge in [-0.3, -0.25) is 21.4 Å². The van der Waals surface area contributed by atoms with E-state index in [1.807, 2.05) is 27.7 Å². The maximum Gasteiger partial charge on any atom is 0.159 e. The number of nitrogens with two attached hydrogens (primary N) is 1. The average molecular weight is 360 g/mol. The monoisotopic (exact) mass is 359 g/mol. The van der Waals surface area contributed by atoms with Crippen molar-refractivity contribution < 1.29 is 9.59 Å². The number of rotatable bonds is 1. The first-order valence-electron chi connectivity index (χ1n) is 6.70. The molecule has 1 aliphatic heterocycles. The Kier molecular flexibility index (Phi) is 3.80. The van der Waals surface area contributed by atoms with Gasteiger partial charge < -0.3 is 5.73 Å². The molecule has 112 valence electrons. The Morgan fingerprint density at radius 1 is 1.10 bits per heavy atom. The van der Waals surface area contributed by atoms with Crippen molar-refractivity contribution in [3.63, 3.8) is 0 Å². The number of carbonyl (C=O) groups excluding carboxylic acids is 2. The van der Waals surface area contributed by atoms with Crippen LogP contribution in [0.4, 0.5) is 5.69 Å². The molecule has 0 aliphatic carbocycles. The van der Waals surface area contributed by atoms with Crippen LogP contribution in [0.1, 0.15) is 39.2 Å². The number of ketones is 2. The molecular formula is C15H22BrNO2S. The fourth-order valence-corrected chi connectivity index (χ4v) is 6.57. The van der Waals surface area contributed by atoms with E-state index in [0.29, 0.717) is 5.69 Å². The predicted octanol–water partition coefficient (Wildman–Crippen LogP) is 2.49. The van der Waals surface area contributed by atoms with Gasteiger partial charge in [-0.2, -0.15) is 0 Å². The topological polar surface area (TPSA) is 60.2 Å². The number of carbonyl (C=O) groups is 2. The summed E-state index contributed by atoms with van der Waals surface area (Å²) in [4.78, 5) is 25.4. The van der Waals surface area contributed by atoms with E-state index in [1.165, 1.54) is 0 Å². The third kappa shape index (κ3) is 2.53. The summed E-state index contributed by atoms with van der Waals surface area (Å²) in [7, 11) is 0. The fourth-order valence-electron chi connectivity index (χ4n) is 3.21. The first kappa shape index (κ1) is 15.6.